The van der Waals surface area contributed by atoms with E-state index in [4.69, 9.17) is 5.84 Å². The smallest absolute Gasteiger partial charge is 0.104 e. The summed E-state index contributed by atoms with van der Waals surface area (Å²) in [7, 11) is 0. The number of hydrogen-bond donors (Lipinski definition) is 2. The summed E-state index contributed by atoms with van der Waals surface area (Å²) in [4.78, 5) is 7.63. The topological polar surface area (TPSA) is 59.6 Å². The van der Waals surface area contributed by atoms with Crippen molar-refractivity contribution < 1.29 is 0 Å². The Bertz CT molecular complexity index is 617. The number of rotatable bonds is 0. The summed E-state index contributed by atoms with van der Waals surface area (Å²) in [5.74, 6) is 6.68. The zero-order valence-corrected chi connectivity index (χ0v) is 7.78. The molecule has 0 fully saturated rings. The van der Waals surface area contributed by atoms with Crippen LogP contribution in [-0.2, 0) is 0 Å². The SMILES string of the molecule is Cc1nc2c(ccc3c2ccn3N)[nH]1. The Labute approximate surface area is 80.3 Å². The van der Waals surface area contributed by atoms with Gasteiger partial charge in [-0.05, 0) is 25.1 Å². The summed E-state index contributed by atoms with van der Waals surface area (Å²) in [5, 5.41) is 1.09. The van der Waals surface area contributed by atoms with Gasteiger partial charge in [0.25, 0.3) is 0 Å². The highest BCUT2D eigenvalue weighted by atomic mass is 15.3. The van der Waals surface area contributed by atoms with Crippen LogP contribution in [0.4, 0.5) is 0 Å². The molecule has 4 heteroatoms. The number of aromatic amines is 1. The van der Waals surface area contributed by atoms with Gasteiger partial charge in [0.2, 0.25) is 0 Å². The van der Waals surface area contributed by atoms with Gasteiger partial charge in [0.15, 0.2) is 0 Å². The molecule has 0 bridgehead atoms. The lowest BCUT2D eigenvalue weighted by Crippen LogP contribution is -2.04. The lowest BCUT2D eigenvalue weighted by Gasteiger charge is -1.95. The monoisotopic (exact) mass is 186 g/mol. The van der Waals surface area contributed by atoms with Gasteiger partial charge in [-0.1, -0.05) is 0 Å². The van der Waals surface area contributed by atoms with Crippen LogP contribution in [0.15, 0.2) is 24.4 Å². The summed E-state index contributed by atoms with van der Waals surface area (Å²) in [5.41, 5.74) is 3.05. The molecule has 2 aromatic heterocycles. The van der Waals surface area contributed by atoms with Crippen LogP contribution in [0, 0.1) is 6.92 Å². The first kappa shape index (κ1) is 7.44. The lowest BCUT2D eigenvalue weighted by atomic mass is 10.2. The van der Waals surface area contributed by atoms with E-state index in [0.717, 1.165) is 27.8 Å². The van der Waals surface area contributed by atoms with E-state index >= 15 is 0 Å². The van der Waals surface area contributed by atoms with E-state index in [0.29, 0.717) is 0 Å². The molecule has 70 valence electrons. The van der Waals surface area contributed by atoms with Crippen molar-refractivity contribution in [3.8, 4) is 0 Å². The molecule has 4 nitrogen and oxygen atoms in total. The average molecular weight is 186 g/mol. The highest BCUT2D eigenvalue weighted by molar-refractivity contribution is 6.03. The first-order valence-electron chi connectivity index (χ1n) is 4.47. The third-order valence-electron chi connectivity index (χ3n) is 2.47. The molecule has 3 aromatic rings. The molecule has 0 aliphatic carbocycles. The standard InChI is InChI=1S/C10H10N4/c1-6-12-8-2-3-9-7(10(8)13-6)4-5-14(9)11/h2-5H,11H2,1H3,(H,12,13). The molecule has 0 saturated heterocycles. The second-order valence-corrected chi connectivity index (χ2v) is 3.44. The van der Waals surface area contributed by atoms with E-state index in [9.17, 15) is 0 Å². The normalized spacial score (nSPS) is 11.5. The Kier molecular flexibility index (Phi) is 1.21. The molecular formula is C10H10N4. The van der Waals surface area contributed by atoms with E-state index in [1.54, 1.807) is 4.68 Å². The molecule has 0 aliphatic rings. The number of nitrogens with two attached hydrogens (primary N) is 1. The van der Waals surface area contributed by atoms with Gasteiger partial charge in [-0.15, -0.1) is 0 Å². The molecule has 2 heterocycles. The van der Waals surface area contributed by atoms with Crippen LogP contribution in [-0.4, -0.2) is 14.6 Å². The molecule has 0 unspecified atom stereocenters. The van der Waals surface area contributed by atoms with Crippen molar-refractivity contribution in [2.75, 3.05) is 5.84 Å². The minimum absolute atomic E-state index is 0.928. The van der Waals surface area contributed by atoms with Crippen LogP contribution < -0.4 is 5.84 Å². The van der Waals surface area contributed by atoms with Crippen molar-refractivity contribution in [2.45, 2.75) is 6.92 Å². The Morgan fingerprint density at radius 3 is 3.07 bits per heavy atom. The van der Waals surface area contributed by atoms with E-state index < -0.39 is 0 Å². The third kappa shape index (κ3) is 0.797. The maximum absolute atomic E-state index is 5.75. The van der Waals surface area contributed by atoms with Crippen molar-refractivity contribution in [3.63, 3.8) is 0 Å². The number of aryl methyl sites for hydroxylation is 1. The van der Waals surface area contributed by atoms with Gasteiger partial charge >= 0.3 is 0 Å². The maximum Gasteiger partial charge on any atom is 0.104 e. The minimum Gasteiger partial charge on any atom is -0.342 e. The van der Waals surface area contributed by atoms with E-state index in [2.05, 4.69) is 9.97 Å². The third-order valence-corrected chi connectivity index (χ3v) is 2.47. The molecule has 0 spiro atoms. The number of nitrogens with zero attached hydrogens (tertiary/aromatic N) is 2. The van der Waals surface area contributed by atoms with Crippen molar-refractivity contribution in [2.24, 2.45) is 0 Å². The first-order chi connectivity index (χ1) is 6.75. The van der Waals surface area contributed by atoms with Crippen molar-refractivity contribution in [3.05, 3.63) is 30.2 Å². The summed E-state index contributed by atoms with van der Waals surface area (Å²) in [6.07, 6.45) is 1.84. The van der Waals surface area contributed by atoms with Gasteiger partial charge in [0, 0.05) is 11.6 Å². The molecule has 0 aliphatic heterocycles. The zero-order chi connectivity index (χ0) is 9.71. The molecule has 0 radical (unpaired) electrons. The van der Waals surface area contributed by atoms with Gasteiger partial charge < -0.3 is 10.8 Å². The van der Waals surface area contributed by atoms with Crippen LogP contribution >= 0.6 is 0 Å². The molecule has 0 saturated carbocycles. The summed E-state index contributed by atoms with van der Waals surface area (Å²) in [6, 6.07) is 5.98. The number of nitrogen functional groups attached to an aromatic ring is 1. The zero-order valence-electron chi connectivity index (χ0n) is 7.78. The van der Waals surface area contributed by atoms with Crippen LogP contribution in [0.1, 0.15) is 5.82 Å². The van der Waals surface area contributed by atoms with Gasteiger partial charge in [-0.2, -0.15) is 0 Å². The number of nitrogens with one attached hydrogen (secondary N) is 1. The first-order valence-corrected chi connectivity index (χ1v) is 4.47. The van der Waals surface area contributed by atoms with Crippen molar-refractivity contribution in [1.82, 2.24) is 14.6 Å². The number of H-pyrrole nitrogens is 1. The van der Waals surface area contributed by atoms with Gasteiger partial charge in [0.1, 0.15) is 5.82 Å². The fourth-order valence-corrected chi connectivity index (χ4v) is 1.83. The molecule has 14 heavy (non-hydrogen) atoms. The number of fused-ring (bicyclic) bond motifs is 3. The predicted molar refractivity (Wildman–Crippen MR) is 56.5 cm³/mol. The molecular weight excluding hydrogens is 176 g/mol. The van der Waals surface area contributed by atoms with Crippen LogP contribution in [0.2, 0.25) is 0 Å². The fraction of sp³-hybridized carbons (Fsp3) is 0.100. The van der Waals surface area contributed by atoms with Crippen LogP contribution in [0.3, 0.4) is 0 Å². The fourth-order valence-electron chi connectivity index (χ4n) is 1.83. The predicted octanol–water partition coefficient (Wildman–Crippen LogP) is 1.54. The van der Waals surface area contributed by atoms with Crippen molar-refractivity contribution in [1.29, 1.82) is 0 Å². The minimum atomic E-state index is 0.928. The lowest BCUT2D eigenvalue weighted by molar-refractivity contribution is 1.07. The van der Waals surface area contributed by atoms with Crippen LogP contribution in [0.5, 0.6) is 0 Å². The van der Waals surface area contributed by atoms with Gasteiger partial charge in [-0.3, -0.25) is 4.68 Å². The van der Waals surface area contributed by atoms with Crippen molar-refractivity contribution >= 4 is 21.9 Å². The van der Waals surface area contributed by atoms with Crippen LogP contribution in [0.25, 0.3) is 21.9 Å². The molecule has 0 atom stereocenters. The maximum atomic E-state index is 5.75. The Morgan fingerprint density at radius 2 is 2.21 bits per heavy atom. The summed E-state index contributed by atoms with van der Waals surface area (Å²) >= 11 is 0. The molecule has 1 aromatic carbocycles. The second kappa shape index (κ2) is 2.29. The van der Waals surface area contributed by atoms with E-state index in [1.807, 2.05) is 31.3 Å². The highest BCUT2D eigenvalue weighted by Gasteiger charge is 2.06. The number of imidazole rings is 1. The highest BCUT2D eigenvalue weighted by Crippen LogP contribution is 2.23. The molecule has 0 amide bonds. The average Bonchev–Trinajstić information content (AvgIpc) is 2.68. The number of aromatic nitrogens is 3. The quantitative estimate of drug-likeness (QED) is 0.523. The molecule has 3 rings (SSSR count). The number of hydrogen-bond acceptors (Lipinski definition) is 2. The Morgan fingerprint density at radius 1 is 1.36 bits per heavy atom. The Balaban J connectivity index is 2.60. The summed E-state index contributed by atoms with van der Waals surface area (Å²) < 4.78 is 1.61. The summed E-state index contributed by atoms with van der Waals surface area (Å²) in [6.45, 7) is 1.95. The van der Waals surface area contributed by atoms with Gasteiger partial charge in [-0.25, -0.2) is 4.98 Å². The van der Waals surface area contributed by atoms with Gasteiger partial charge in [0.05, 0.1) is 16.6 Å². The number of benzene rings is 1. The molecule has 3 N–H and O–H groups in total. The van der Waals surface area contributed by atoms with E-state index in [-0.39, 0.29) is 0 Å². The Hall–Kier alpha value is -1.97. The van der Waals surface area contributed by atoms with E-state index in [1.165, 1.54) is 0 Å². The second-order valence-electron chi connectivity index (χ2n) is 3.44. The largest absolute Gasteiger partial charge is 0.342 e.